The quantitative estimate of drug-likeness (QED) is 0.703. The summed E-state index contributed by atoms with van der Waals surface area (Å²) < 4.78 is 0. The Morgan fingerprint density at radius 2 is 2.15 bits per heavy atom. The lowest BCUT2D eigenvalue weighted by Crippen LogP contribution is -1.79. The van der Waals surface area contributed by atoms with E-state index in [0.717, 1.165) is 21.0 Å². The summed E-state index contributed by atoms with van der Waals surface area (Å²) in [6, 6.07) is 5.83. The van der Waals surface area contributed by atoms with Crippen LogP contribution in [0.5, 0.6) is 0 Å². The molecule has 0 aliphatic carbocycles. The zero-order valence-corrected chi connectivity index (χ0v) is 9.15. The third kappa shape index (κ3) is 1.42. The van der Waals surface area contributed by atoms with Crippen LogP contribution in [0.25, 0.3) is 10.9 Å². The van der Waals surface area contributed by atoms with Gasteiger partial charge in [0, 0.05) is 0 Å². The van der Waals surface area contributed by atoms with Crippen molar-refractivity contribution >= 4 is 33.4 Å². The van der Waals surface area contributed by atoms with Gasteiger partial charge < -0.3 is 0 Å². The molecule has 0 aliphatic rings. The van der Waals surface area contributed by atoms with E-state index < -0.39 is 0 Å². The van der Waals surface area contributed by atoms with Crippen LogP contribution in [-0.2, 0) is 0 Å². The smallest absolute Gasteiger partial charge is 0.107 e. The molecule has 1 heterocycles. The maximum absolute atomic E-state index is 6.10. The molecule has 4 heteroatoms. The molecule has 70 valence electrons. The molecule has 0 amide bonds. The Morgan fingerprint density at radius 3 is 2.85 bits per heavy atom. The van der Waals surface area contributed by atoms with Gasteiger partial charge in [0.05, 0.1) is 15.9 Å². The summed E-state index contributed by atoms with van der Waals surface area (Å²) in [6.45, 7) is 0. The Kier molecular flexibility index (Phi) is 2.22. The zero-order chi connectivity index (χ0) is 9.42. The molecule has 0 radical (unpaired) electrons. The van der Waals surface area contributed by atoms with Crippen molar-refractivity contribution in [1.82, 2.24) is 10.2 Å². The first-order valence-corrected chi connectivity index (χ1v) is 6.61. The minimum atomic E-state index is -0.201. The number of aromatic nitrogens is 2. The molecule has 1 aromatic heterocycles. The Labute approximate surface area is 84.6 Å². The van der Waals surface area contributed by atoms with Crippen molar-refractivity contribution in [2.24, 2.45) is 0 Å². The Morgan fingerprint density at radius 1 is 1.38 bits per heavy atom. The van der Waals surface area contributed by atoms with Crippen molar-refractivity contribution in [2.75, 3.05) is 12.5 Å². The van der Waals surface area contributed by atoms with Crippen LogP contribution >= 0.6 is 22.5 Å². The molecular formula is C9H11ClN2S. The third-order valence-corrected chi connectivity index (χ3v) is 3.43. The van der Waals surface area contributed by atoms with E-state index in [1.54, 1.807) is 0 Å². The van der Waals surface area contributed by atoms with Crippen LogP contribution in [0.2, 0.25) is 5.02 Å². The van der Waals surface area contributed by atoms with Gasteiger partial charge in [0.1, 0.15) is 5.03 Å². The molecule has 2 nitrogen and oxygen atoms in total. The summed E-state index contributed by atoms with van der Waals surface area (Å²) in [7, 11) is -0.201. The molecule has 0 saturated heterocycles. The van der Waals surface area contributed by atoms with E-state index >= 15 is 0 Å². The minimum Gasteiger partial charge on any atom is -0.277 e. The van der Waals surface area contributed by atoms with Gasteiger partial charge >= 0.3 is 0 Å². The number of rotatable bonds is 1. The summed E-state index contributed by atoms with van der Waals surface area (Å²) in [5.74, 6) is 0. The summed E-state index contributed by atoms with van der Waals surface area (Å²) in [5, 5.41) is 10.2. The maximum Gasteiger partial charge on any atom is 0.107 e. The largest absolute Gasteiger partial charge is 0.277 e. The number of nitrogens with zero attached hydrogens (tertiary/aromatic N) is 1. The van der Waals surface area contributed by atoms with Crippen LogP contribution in [-0.4, -0.2) is 22.7 Å². The molecule has 2 aromatic rings. The summed E-state index contributed by atoms with van der Waals surface area (Å²) in [5.41, 5.74) is 1.03. The van der Waals surface area contributed by atoms with Crippen molar-refractivity contribution in [3.63, 3.8) is 0 Å². The number of H-pyrrole nitrogens is 1. The van der Waals surface area contributed by atoms with Crippen molar-refractivity contribution < 1.29 is 0 Å². The lowest BCUT2D eigenvalue weighted by atomic mass is 10.3. The lowest BCUT2D eigenvalue weighted by molar-refractivity contribution is 1.02. The average Bonchev–Trinajstić information content (AvgIpc) is 2.49. The van der Waals surface area contributed by atoms with E-state index in [0.29, 0.717) is 0 Å². The topological polar surface area (TPSA) is 28.7 Å². The van der Waals surface area contributed by atoms with Crippen molar-refractivity contribution in [3.05, 3.63) is 23.2 Å². The van der Waals surface area contributed by atoms with E-state index in [9.17, 15) is 0 Å². The first-order chi connectivity index (χ1) is 6.20. The first-order valence-electron chi connectivity index (χ1n) is 4.00. The van der Waals surface area contributed by atoms with Crippen LogP contribution < -0.4 is 0 Å². The molecule has 13 heavy (non-hydrogen) atoms. The highest BCUT2D eigenvalue weighted by molar-refractivity contribution is 8.16. The van der Waals surface area contributed by atoms with E-state index in [1.165, 1.54) is 0 Å². The van der Waals surface area contributed by atoms with Crippen LogP contribution in [0, 0.1) is 0 Å². The summed E-state index contributed by atoms with van der Waals surface area (Å²) in [6.07, 6.45) is 4.35. The Bertz CT molecular complexity index is 436. The van der Waals surface area contributed by atoms with Gasteiger partial charge in [-0.25, -0.2) is 10.9 Å². The molecule has 2 rings (SSSR count). The molecule has 1 aromatic carbocycles. The second kappa shape index (κ2) is 3.24. The van der Waals surface area contributed by atoms with E-state index in [1.807, 2.05) is 18.2 Å². The molecule has 0 atom stereocenters. The second-order valence-corrected chi connectivity index (χ2v) is 5.72. The number of hydrogen-bond acceptors (Lipinski definition) is 1. The lowest BCUT2D eigenvalue weighted by Gasteiger charge is -2.05. The van der Waals surface area contributed by atoms with Gasteiger partial charge in [-0.1, -0.05) is 17.7 Å². The molecule has 0 saturated carbocycles. The standard InChI is InChI=1S/C9H11ClN2S/c1-13(2)9-8-6(10)4-3-5-7(8)11-12-9/h3-5,13H,1-2H3,(H,11,12). The van der Waals surface area contributed by atoms with Gasteiger partial charge in [-0.2, -0.15) is 5.10 Å². The normalized spacial score (nSPS) is 12.1. The minimum absolute atomic E-state index is 0.201. The SMILES string of the molecule is C[SH](C)c1n[nH]c2cccc(Cl)c12. The van der Waals surface area contributed by atoms with Gasteiger partial charge in [0.15, 0.2) is 0 Å². The monoisotopic (exact) mass is 214 g/mol. The fourth-order valence-electron chi connectivity index (χ4n) is 1.34. The number of hydrogen-bond donors (Lipinski definition) is 2. The summed E-state index contributed by atoms with van der Waals surface area (Å²) in [4.78, 5) is 0. The van der Waals surface area contributed by atoms with Gasteiger partial charge in [0.2, 0.25) is 0 Å². The van der Waals surface area contributed by atoms with Crippen LogP contribution in [0.1, 0.15) is 0 Å². The van der Waals surface area contributed by atoms with Crippen molar-refractivity contribution in [2.45, 2.75) is 5.03 Å². The van der Waals surface area contributed by atoms with Gasteiger partial charge in [-0.3, -0.25) is 5.10 Å². The molecule has 0 fully saturated rings. The fourth-order valence-corrected chi connectivity index (χ4v) is 2.61. The predicted octanol–water partition coefficient (Wildman–Crippen LogP) is 2.84. The van der Waals surface area contributed by atoms with Crippen LogP contribution in [0.3, 0.4) is 0 Å². The highest BCUT2D eigenvalue weighted by atomic mass is 35.5. The van der Waals surface area contributed by atoms with Crippen LogP contribution in [0.4, 0.5) is 0 Å². The second-order valence-electron chi connectivity index (χ2n) is 3.10. The molecule has 0 spiro atoms. The average molecular weight is 215 g/mol. The van der Waals surface area contributed by atoms with E-state index in [-0.39, 0.29) is 10.9 Å². The van der Waals surface area contributed by atoms with Crippen LogP contribution in [0.15, 0.2) is 23.2 Å². The molecule has 0 bridgehead atoms. The van der Waals surface area contributed by atoms with Crippen molar-refractivity contribution in [1.29, 1.82) is 0 Å². The highest BCUT2D eigenvalue weighted by Gasteiger charge is 2.09. The van der Waals surface area contributed by atoms with Gasteiger partial charge in [0.25, 0.3) is 0 Å². The van der Waals surface area contributed by atoms with E-state index in [2.05, 4.69) is 22.7 Å². The molecule has 0 aliphatic heterocycles. The Balaban J connectivity index is 2.79. The fraction of sp³-hybridized carbons (Fsp3) is 0.222. The predicted molar refractivity (Wildman–Crippen MR) is 60.2 cm³/mol. The van der Waals surface area contributed by atoms with Gasteiger partial charge in [-0.05, 0) is 24.6 Å². The molecular weight excluding hydrogens is 204 g/mol. The molecule has 0 unspecified atom stereocenters. The number of fused-ring (bicyclic) bond motifs is 1. The highest BCUT2D eigenvalue weighted by Crippen LogP contribution is 2.36. The first kappa shape index (κ1) is 8.91. The number of nitrogens with one attached hydrogen (secondary N) is 1. The number of aromatic amines is 1. The number of benzene rings is 1. The Hall–Kier alpha value is -0.670. The number of halogens is 1. The number of thiol groups is 1. The summed E-state index contributed by atoms with van der Waals surface area (Å²) >= 11 is 6.10. The zero-order valence-electron chi connectivity index (χ0n) is 7.50. The van der Waals surface area contributed by atoms with Gasteiger partial charge in [-0.15, -0.1) is 0 Å². The van der Waals surface area contributed by atoms with Crippen molar-refractivity contribution in [3.8, 4) is 0 Å². The third-order valence-electron chi connectivity index (χ3n) is 1.94. The maximum atomic E-state index is 6.10. The molecule has 1 N–H and O–H groups in total. The van der Waals surface area contributed by atoms with E-state index in [4.69, 9.17) is 11.6 Å².